The van der Waals surface area contributed by atoms with Gasteiger partial charge in [-0.25, -0.2) is 0 Å². The number of carbonyl (C=O) groups excluding carboxylic acids is 2. The Kier molecular flexibility index (Phi) is 2.81. The van der Waals surface area contributed by atoms with E-state index in [1.54, 1.807) is 6.92 Å². The summed E-state index contributed by atoms with van der Waals surface area (Å²) in [7, 11) is 0. The van der Waals surface area contributed by atoms with Gasteiger partial charge in [0.05, 0.1) is 25.0 Å². The summed E-state index contributed by atoms with van der Waals surface area (Å²) < 4.78 is 4.72. The molecule has 0 aromatic carbocycles. The summed E-state index contributed by atoms with van der Waals surface area (Å²) in [6.45, 7) is 1.79. The molecule has 12 heavy (non-hydrogen) atoms. The van der Waals surface area contributed by atoms with Gasteiger partial charge < -0.3 is 9.84 Å². The smallest absolute Gasteiger partial charge is 0.310 e. The highest BCUT2D eigenvalue weighted by atomic mass is 16.5. The number of rotatable bonds is 3. The number of hydrogen-bond donors (Lipinski definition) is 1. The van der Waals surface area contributed by atoms with E-state index in [1.807, 2.05) is 0 Å². The second kappa shape index (κ2) is 3.67. The van der Waals surface area contributed by atoms with Crippen LogP contribution in [-0.4, -0.2) is 30.1 Å². The van der Waals surface area contributed by atoms with Gasteiger partial charge in [-0.1, -0.05) is 0 Å². The van der Waals surface area contributed by atoms with Gasteiger partial charge in [-0.15, -0.1) is 0 Å². The van der Waals surface area contributed by atoms with Gasteiger partial charge in [0, 0.05) is 6.42 Å². The van der Waals surface area contributed by atoms with Crippen molar-refractivity contribution in [3.05, 3.63) is 0 Å². The van der Waals surface area contributed by atoms with E-state index in [2.05, 4.69) is 0 Å². The highest BCUT2D eigenvalue weighted by Gasteiger charge is 2.44. The van der Waals surface area contributed by atoms with Gasteiger partial charge in [0.1, 0.15) is 5.78 Å². The first-order valence-corrected chi connectivity index (χ1v) is 4.01. The molecule has 4 nitrogen and oxygen atoms in total. The van der Waals surface area contributed by atoms with Crippen LogP contribution in [0.15, 0.2) is 0 Å². The number of hydrogen-bond acceptors (Lipinski definition) is 4. The first-order chi connectivity index (χ1) is 5.70. The first kappa shape index (κ1) is 9.19. The van der Waals surface area contributed by atoms with Gasteiger partial charge in [0.25, 0.3) is 0 Å². The third kappa shape index (κ3) is 1.48. The average molecular weight is 172 g/mol. The number of aliphatic hydroxyl groups is 1. The molecule has 68 valence electrons. The van der Waals surface area contributed by atoms with Crippen molar-refractivity contribution in [2.45, 2.75) is 13.3 Å². The third-order valence-corrected chi connectivity index (χ3v) is 2.11. The molecule has 0 spiro atoms. The first-order valence-electron chi connectivity index (χ1n) is 4.01. The summed E-state index contributed by atoms with van der Waals surface area (Å²) in [6, 6.07) is 0. The highest BCUT2D eigenvalue weighted by molar-refractivity contribution is 5.96. The number of Topliss-reactive ketones (excluding diaryl/α,β-unsaturated/α-hetero) is 1. The van der Waals surface area contributed by atoms with Crippen molar-refractivity contribution in [3.8, 4) is 0 Å². The highest BCUT2D eigenvalue weighted by Crippen LogP contribution is 2.31. The predicted molar refractivity (Wildman–Crippen MR) is 40.3 cm³/mol. The number of ether oxygens (including phenoxy) is 1. The Labute approximate surface area is 70.5 Å². The van der Waals surface area contributed by atoms with Gasteiger partial charge in [0.2, 0.25) is 0 Å². The summed E-state index contributed by atoms with van der Waals surface area (Å²) in [5.74, 6) is -1.32. The fraction of sp³-hybridized carbons (Fsp3) is 0.750. The Hall–Kier alpha value is -0.900. The Morgan fingerprint density at radius 3 is 2.83 bits per heavy atom. The SMILES string of the molecule is CCOC(=O)C1CC(=O)C1CO. The molecule has 1 aliphatic rings. The van der Waals surface area contributed by atoms with Gasteiger partial charge in [-0.05, 0) is 6.92 Å². The standard InChI is InChI=1S/C8H12O4/c1-2-12-8(11)5-3-7(10)6(5)4-9/h5-6,9H,2-4H2,1H3. The lowest BCUT2D eigenvalue weighted by atomic mass is 9.73. The van der Waals surface area contributed by atoms with Crippen molar-refractivity contribution >= 4 is 11.8 Å². The third-order valence-electron chi connectivity index (χ3n) is 2.11. The molecule has 0 bridgehead atoms. The van der Waals surface area contributed by atoms with Crippen LogP contribution in [0.5, 0.6) is 0 Å². The van der Waals surface area contributed by atoms with Crippen LogP contribution in [0, 0.1) is 11.8 Å². The van der Waals surface area contributed by atoms with Crippen molar-refractivity contribution in [3.63, 3.8) is 0 Å². The Morgan fingerprint density at radius 2 is 2.42 bits per heavy atom. The molecule has 0 amide bonds. The van der Waals surface area contributed by atoms with Crippen LogP contribution >= 0.6 is 0 Å². The van der Waals surface area contributed by atoms with E-state index >= 15 is 0 Å². The van der Waals surface area contributed by atoms with E-state index in [9.17, 15) is 9.59 Å². The molecule has 2 atom stereocenters. The van der Waals surface area contributed by atoms with Crippen LogP contribution in [-0.2, 0) is 14.3 Å². The van der Waals surface area contributed by atoms with Crippen LogP contribution in [0.3, 0.4) is 0 Å². The van der Waals surface area contributed by atoms with E-state index in [1.165, 1.54) is 0 Å². The normalized spacial score (nSPS) is 28.0. The van der Waals surface area contributed by atoms with E-state index in [-0.39, 0.29) is 24.8 Å². The largest absolute Gasteiger partial charge is 0.466 e. The molecule has 0 aliphatic heterocycles. The fourth-order valence-electron chi connectivity index (χ4n) is 1.30. The van der Waals surface area contributed by atoms with Crippen molar-refractivity contribution < 1.29 is 19.4 Å². The molecule has 1 fully saturated rings. The van der Waals surface area contributed by atoms with E-state index < -0.39 is 11.8 Å². The summed E-state index contributed by atoms with van der Waals surface area (Å²) >= 11 is 0. The predicted octanol–water partition coefficient (Wildman–Crippen LogP) is -0.253. The molecule has 0 aromatic heterocycles. The fourth-order valence-corrected chi connectivity index (χ4v) is 1.30. The topological polar surface area (TPSA) is 63.6 Å². The molecular formula is C8H12O4. The summed E-state index contributed by atoms with van der Waals surface area (Å²) in [5, 5.41) is 8.72. The molecule has 0 heterocycles. The van der Waals surface area contributed by atoms with Crippen LogP contribution < -0.4 is 0 Å². The molecule has 1 saturated carbocycles. The molecule has 1 rings (SSSR count). The molecule has 0 radical (unpaired) electrons. The van der Waals surface area contributed by atoms with Crippen LogP contribution in [0.4, 0.5) is 0 Å². The van der Waals surface area contributed by atoms with Crippen molar-refractivity contribution in [1.29, 1.82) is 0 Å². The summed E-state index contributed by atoms with van der Waals surface area (Å²) in [6.07, 6.45) is 0.226. The monoisotopic (exact) mass is 172 g/mol. The minimum atomic E-state index is -0.510. The maximum absolute atomic E-state index is 11.1. The van der Waals surface area contributed by atoms with E-state index in [0.29, 0.717) is 6.61 Å². The van der Waals surface area contributed by atoms with Crippen molar-refractivity contribution in [1.82, 2.24) is 0 Å². The average Bonchev–Trinajstić information content (AvgIpc) is 2.01. The number of esters is 1. The summed E-state index contributed by atoms with van der Waals surface area (Å²) in [5.41, 5.74) is 0. The zero-order valence-electron chi connectivity index (χ0n) is 6.95. The lowest BCUT2D eigenvalue weighted by Crippen LogP contribution is -2.44. The molecular weight excluding hydrogens is 160 g/mol. The van der Waals surface area contributed by atoms with Crippen molar-refractivity contribution in [2.75, 3.05) is 13.2 Å². The maximum Gasteiger partial charge on any atom is 0.310 e. The number of carbonyl (C=O) groups is 2. The summed E-state index contributed by atoms with van der Waals surface area (Å²) in [4.78, 5) is 21.9. The Morgan fingerprint density at radius 1 is 1.75 bits per heavy atom. The van der Waals surface area contributed by atoms with Crippen LogP contribution in [0.25, 0.3) is 0 Å². The zero-order chi connectivity index (χ0) is 9.14. The Balaban J connectivity index is 2.44. The number of ketones is 1. The van der Waals surface area contributed by atoms with Crippen molar-refractivity contribution in [2.24, 2.45) is 11.8 Å². The molecule has 1 N–H and O–H groups in total. The lowest BCUT2D eigenvalue weighted by molar-refractivity contribution is -0.161. The quantitative estimate of drug-likeness (QED) is 0.596. The second-order valence-electron chi connectivity index (χ2n) is 2.82. The lowest BCUT2D eigenvalue weighted by Gasteiger charge is -2.31. The minimum absolute atomic E-state index is 0.0458. The van der Waals surface area contributed by atoms with Gasteiger partial charge in [0.15, 0.2) is 0 Å². The molecule has 0 aromatic rings. The van der Waals surface area contributed by atoms with Gasteiger partial charge in [-0.2, -0.15) is 0 Å². The van der Waals surface area contributed by atoms with Crippen LogP contribution in [0.2, 0.25) is 0 Å². The van der Waals surface area contributed by atoms with Gasteiger partial charge in [-0.3, -0.25) is 9.59 Å². The Bertz CT molecular complexity index is 199. The maximum atomic E-state index is 11.1. The minimum Gasteiger partial charge on any atom is -0.466 e. The van der Waals surface area contributed by atoms with E-state index in [0.717, 1.165) is 0 Å². The molecule has 2 unspecified atom stereocenters. The molecule has 0 saturated heterocycles. The molecule has 1 aliphatic carbocycles. The van der Waals surface area contributed by atoms with Crippen LogP contribution in [0.1, 0.15) is 13.3 Å². The zero-order valence-corrected chi connectivity index (χ0v) is 6.95. The molecule has 4 heteroatoms. The second-order valence-corrected chi connectivity index (χ2v) is 2.82. The van der Waals surface area contributed by atoms with E-state index in [4.69, 9.17) is 9.84 Å². The van der Waals surface area contributed by atoms with Gasteiger partial charge >= 0.3 is 5.97 Å². The number of aliphatic hydroxyl groups excluding tert-OH is 1.